The number of fused-ring (bicyclic) bond motifs is 1. The first kappa shape index (κ1) is 20.3. The molecule has 3 fully saturated rings. The molecule has 1 saturated carbocycles. The fourth-order valence-electron chi connectivity index (χ4n) is 5.27. The van der Waals surface area contributed by atoms with Crippen LogP contribution in [-0.2, 0) is 21.7 Å². The van der Waals surface area contributed by atoms with Gasteiger partial charge in [-0.3, -0.25) is 24.7 Å². The number of hydrogen-bond donors (Lipinski definition) is 3. The largest absolute Gasteiger partial charge is 0.383 e. The maximum absolute atomic E-state index is 12.8. The van der Waals surface area contributed by atoms with E-state index in [1.165, 1.54) is 4.90 Å². The second-order valence-corrected chi connectivity index (χ2v) is 8.51. The van der Waals surface area contributed by atoms with Gasteiger partial charge >= 0.3 is 0 Å². The molecule has 0 aromatic carbocycles. The summed E-state index contributed by atoms with van der Waals surface area (Å²) in [4.78, 5) is 42.6. The summed E-state index contributed by atoms with van der Waals surface area (Å²) in [5.74, 6) is -0.966. The second kappa shape index (κ2) is 7.04. The van der Waals surface area contributed by atoms with Crippen molar-refractivity contribution in [3.8, 4) is 0 Å². The zero-order valence-corrected chi connectivity index (χ0v) is 16.9. The Morgan fingerprint density at radius 1 is 1.17 bits per heavy atom. The molecule has 4 aliphatic rings. The summed E-state index contributed by atoms with van der Waals surface area (Å²) in [6.45, 7) is 1.75. The van der Waals surface area contributed by atoms with Crippen LogP contribution in [0.4, 0.5) is 0 Å². The first-order valence-electron chi connectivity index (χ1n) is 10.0. The number of carbonyl (C=O) groups is 3. The van der Waals surface area contributed by atoms with Crippen molar-refractivity contribution in [1.82, 2.24) is 20.5 Å². The van der Waals surface area contributed by atoms with Crippen LogP contribution in [0.2, 0.25) is 0 Å². The van der Waals surface area contributed by atoms with Gasteiger partial charge < -0.3 is 15.3 Å². The van der Waals surface area contributed by atoms with Gasteiger partial charge in [-0.25, -0.2) is 0 Å². The molecule has 9 heteroatoms. The number of amides is 3. The first-order chi connectivity index (χ1) is 13.4. The van der Waals surface area contributed by atoms with Gasteiger partial charge in [-0.2, -0.15) is 0 Å². The predicted octanol–water partition coefficient (Wildman–Crippen LogP) is 0.616. The highest BCUT2D eigenvalue weighted by Crippen LogP contribution is 2.56. The summed E-state index contributed by atoms with van der Waals surface area (Å²) >= 11 is 0. The van der Waals surface area contributed by atoms with Crippen molar-refractivity contribution in [1.29, 1.82) is 0 Å². The van der Waals surface area contributed by atoms with Gasteiger partial charge in [0.15, 0.2) is 0 Å². The minimum absolute atomic E-state index is 0. The number of halogens is 1. The lowest BCUT2D eigenvalue weighted by atomic mass is 9.55. The van der Waals surface area contributed by atoms with Gasteiger partial charge in [0, 0.05) is 18.4 Å². The van der Waals surface area contributed by atoms with Crippen LogP contribution in [0.1, 0.15) is 60.3 Å². The summed E-state index contributed by atoms with van der Waals surface area (Å²) in [6.07, 6.45) is 4.20. The summed E-state index contributed by atoms with van der Waals surface area (Å²) in [6, 6.07) is 2.86. The molecule has 2 atom stereocenters. The summed E-state index contributed by atoms with van der Waals surface area (Å²) < 4.78 is 0. The van der Waals surface area contributed by atoms with Crippen LogP contribution in [-0.4, -0.2) is 51.8 Å². The standard InChI is InChI=1S/C20H24N4O4.ClH/c25-16-5-3-14(17(26)23-16)24-10-13-12(18(24)27)2-4-15(22-13)20(28)8-9-21-11-19(20)6-1-7-19;/h2,4,14,21,28H,1,3,5-11H2,(H,23,25,26);1H. The van der Waals surface area contributed by atoms with Crippen LogP contribution in [0, 0.1) is 5.41 Å². The van der Waals surface area contributed by atoms with Gasteiger partial charge in [0.05, 0.1) is 23.5 Å². The number of imide groups is 1. The van der Waals surface area contributed by atoms with Gasteiger partial charge in [0.2, 0.25) is 11.8 Å². The molecule has 1 spiro atoms. The van der Waals surface area contributed by atoms with Crippen LogP contribution >= 0.6 is 12.4 Å². The molecule has 3 N–H and O–H groups in total. The van der Waals surface area contributed by atoms with E-state index in [0.717, 1.165) is 32.4 Å². The molecule has 1 aliphatic carbocycles. The van der Waals surface area contributed by atoms with Crippen molar-refractivity contribution in [3.05, 3.63) is 29.1 Å². The Morgan fingerprint density at radius 3 is 2.66 bits per heavy atom. The molecule has 3 amide bonds. The quantitative estimate of drug-likeness (QED) is 0.604. The minimum Gasteiger partial charge on any atom is -0.383 e. The van der Waals surface area contributed by atoms with E-state index >= 15 is 0 Å². The normalized spacial score (nSPS) is 30.4. The van der Waals surface area contributed by atoms with E-state index in [0.29, 0.717) is 29.8 Å². The Bertz CT molecular complexity index is 887. The Morgan fingerprint density at radius 2 is 1.97 bits per heavy atom. The summed E-state index contributed by atoms with van der Waals surface area (Å²) in [5.41, 5.74) is 0.544. The number of pyridine rings is 1. The van der Waals surface area contributed by atoms with Crippen molar-refractivity contribution < 1.29 is 19.5 Å². The lowest BCUT2D eigenvalue weighted by molar-refractivity contribution is -0.155. The molecule has 2 unspecified atom stereocenters. The van der Waals surface area contributed by atoms with E-state index in [1.807, 2.05) is 0 Å². The molecule has 29 heavy (non-hydrogen) atoms. The van der Waals surface area contributed by atoms with Gasteiger partial charge in [-0.05, 0) is 44.4 Å². The van der Waals surface area contributed by atoms with E-state index < -0.39 is 17.6 Å². The minimum atomic E-state index is -0.989. The molecular weight excluding hydrogens is 396 g/mol. The number of nitrogens with zero attached hydrogens (tertiary/aromatic N) is 2. The fraction of sp³-hybridized carbons (Fsp3) is 0.600. The highest BCUT2D eigenvalue weighted by atomic mass is 35.5. The van der Waals surface area contributed by atoms with Crippen LogP contribution in [0.15, 0.2) is 12.1 Å². The summed E-state index contributed by atoms with van der Waals surface area (Å²) in [7, 11) is 0. The predicted molar refractivity (Wildman–Crippen MR) is 105 cm³/mol. The lowest BCUT2D eigenvalue weighted by Crippen LogP contribution is -2.60. The van der Waals surface area contributed by atoms with Crippen LogP contribution < -0.4 is 10.6 Å². The number of rotatable bonds is 2. The van der Waals surface area contributed by atoms with Crippen molar-refractivity contribution in [2.24, 2.45) is 5.41 Å². The highest BCUT2D eigenvalue weighted by molar-refractivity contribution is 6.05. The van der Waals surface area contributed by atoms with E-state index in [-0.39, 0.29) is 42.6 Å². The highest BCUT2D eigenvalue weighted by Gasteiger charge is 2.57. The molecule has 0 bridgehead atoms. The molecule has 0 radical (unpaired) electrons. The van der Waals surface area contributed by atoms with Crippen LogP contribution in [0.3, 0.4) is 0 Å². The topological polar surface area (TPSA) is 112 Å². The molecule has 1 aromatic rings. The van der Waals surface area contributed by atoms with Crippen molar-refractivity contribution in [2.45, 2.75) is 56.7 Å². The Hall–Kier alpha value is -2.03. The first-order valence-corrected chi connectivity index (χ1v) is 10.0. The molecule has 5 rings (SSSR count). The lowest BCUT2D eigenvalue weighted by Gasteiger charge is -2.56. The Kier molecular flexibility index (Phi) is 4.91. The van der Waals surface area contributed by atoms with Gasteiger partial charge in [0.1, 0.15) is 11.6 Å². The number of aromatic nitrogens is 1. The third-order valence-electron chi connectivity index (χ3n) is 7.11. The molecule has 156 valence electrons. The summed E-state index contributed by atoms with van der Waals surface area (Å²) in [5, 5.41) is 17.3. The van der Waals surface area contributed by atoms with Crippen LogP contribution in [0.5, 0.6) is 0 Å². The smallest absolute Gasteiger partial charge is 0.256 e. The molecule has 2 saturated heterocycles. The monoisotopic (exact) mass is 420 g/mol. The third kappa shape index (κ3) is 2.88. The van der Waals surface area contributed by atoms with Gasteiger partial charge in [-0.15, -0.1) is 12.4 Å². The second-order valence-electron chi connectivity index (χ2n) is 8.51. The average Bonchev–Trinajstić information content (AvgIpc) is 2.97. The Labute approximate surface area is 174 Å². The van der Waals surface area contributed by atoms with E-state index in [1.54, 1.807) is 12.1 Å². The van der Waals surface area contributed by atoms with Crippen molar-refractivity contribution >= 4 is 30.1 Å². The maximum atomic E-state index is 12.8. The van der Waals surface area contributed by atoms with E-state index in [4.69, 9.17) is 4.98 Å². The van der Waals surface area contributed by atoms with E-state index in [9.17, 15) is 19.5 Å². The van der Waals surface area contributed by atoms with Gasteiger partial charge in [-0.1, -0.05) is 6.42 Å². The van der Waals surface area contributed by atoms with Gasteiger partial charge in [0.25, 0.3) is 5.91 Å². The third-order valence-corrected chi connectivity index (χ3v) is 7.11. The molecule has 3 aliphatic heterocycles. The molecule has 1 aromatic heterocycles. The van der Waals surface area contributed by atoms with Crippen molar-refractivity contribution in [3.63, 3.8) is 0 Å². The van der Waals surface area contributed by atoms with Crippen molar-refractivity contribution in [2.75, 3.05) is 13.1 Å². The average molecular weight is 421 g/mol. The van der Waals surface area contributed by atoms with Crippen LogP contribution in [0.25, 0.3) is 0 Å². The number of nitrogens with one attached hydrogen (secondary N) is 2. The number of carbonyl (C=O) groups excluding carboxylic acids is 3. The Balaban J connectivity index is 0.00000205. The zero-order chi connectivity index (χ0) is 19.5. The molecular formula is C20H25ClN4O4. The SMILES string of the molecule is Cl.O=C1CCC(N2Cc3nc(C4(O)CCNCC45CCC5)ccc3C2=O)C(=O)N1. The maximum Gasteiger partial charge on any atom is 0.256 e. The fourth-order valence-corrected chi connectivity index (χ4v) is 5.27. The molecule has 8 nitrogen and oxygen atoms in total. The zero-order valence-electron chi connectivity index (χ0n) is 16.1. The number of hydrogen-bond acceptors (Lipinski definition) is 6. The van der Waals surface area contributed by atoms with E-state index in [2.05, 4.69) is 10.6 Å². The number of piperidine rings is 2. The molecule has 4 heterocycles. The number of aliphatic hydroxyl groups is 1.